The lowest BCUT2D eigenvalue weighted by molar-refractivity contribution is -0.125. The third kappa shape index (κ3) is 6.22. The van der Waals surface area contributed by atoms with Crippen LogP contribution in [0.1, 0.15) is 37.0 Å². The second-order valence-corrected chi connectivity index (χ2v) is 5.89. The molecule has 7 nitrogen and oxygen atoms in total. The molecular formula is C20H23N3O4. The van der Waals surface area contributed by atoms with Gasteiger partial charge >= 0.3 is 5.97 Å². The lowest BCUT2D eigenvalue weighted by Gasteiger charge is -2.14. The van der Waals surface area contributed by atoms with Crippen molar-refractivity contribution in [3.8, 4) is 5.75 Å². The number of hydrogen-bond acceptors (Lipinski definition) is 6. The van der Waals surface area contributed by atoms with Crippen LogP contribution in [0.25, 0.3) is 0 Å². The highest BCUT2D eigenvalue weighted by molar-refractivity contribution is 5.96. The number of rotatable bonds is 8. The Morgan fingerprint density at radius 3 is 2.37 bits per heavy atom. The van der Waals surface area contributed by atoms with Crippen LogP contribution >= 0.6 is 0 Å². The second-order valence-electron chi connectivity index (χ2n) is 5.89. The highest BCUT2D eigenvalue weighted by atomic mass is 16.5. The van der Waals surface area contributed by atoms with E-state index in [4.69, 9.17) is 4.74 Å². The fourth-order valence-corrected chi connectivity index (χ4v) is 2.34. The average Bonchev–Trinajstić information content (AvgIpc) is 2.70. The van der Waals surface area contributed by atoms with Crippen molar-refractivity contribution in [3.05, 3.63) is 54.1 Å². The van der Waals surface area contributed by atoms with E-state index in [0.29, 0.717) is 11.4 Å². The number of esters is 1. The Labute approximate surface area is 158 Å². The van der Waals surface area contributed by atoms with Crippen molar-refractivity contribution >= 4 is 23.3 Å². The summed E-state index contributed by atoms with van der Waals surface area (Å²) in [6.07, 6.45) is 1.63. The average molecular weight is 369 g/mol. The Bertz CT molecular complexity index is 799. The number of hydrogen-bond donors (Lipinski definition) is 2. The predicted octanol–water partition coefficient (Wildman–Crippen LogP) is 4.27. The molecule has 0 aliphatic carbocycles. The van der Waals surface area contributed by atoms with Crippen LogP contribution < -0.4 is 5.32 Å². The first-order chi connectivity index (χ1) is 13.0. The summed E-state index contributed by atoms with van der Waals surface area (Å²) in [5, 5.41) is 20.2. The van der Waals surface area contributed by atoms with Gasteiger partial charge in [-0.1, -0.05) is 26.0 Å². The number of aromatic hydroxyl groups is 1. The SMILES string of the molecule is CCC(CC)NC(=O)COC(=O)c1ccccc1N=Nc1ccc(O)cc1. The maximum atomic E-state index is 12.3. The Kier molecular flexibility index (Phi) is 7.49. The summed E-state index contributed by atoms with van der Waals surface area (Å²) in [5.41, 5.74) is 1.08. The molecule has 0 saturated carbocycles. The molecule has 0 aromatic heterocycles. The molecule has 0 atom stereocenters. The summed E-state index contributed by atoms with van der Waals surface area (Å²) in [5.74, 6) is -0.847. The molecular weight excluding hydrogens is 346 g/mol. The van der Waals surface area contributed by atoms with E-state index >= 15 is 0 Å². The Morgan fingerprint density at radius 1 is 1.04 bits per heavy atom. The fraction of sp³-hybridized carbons (Fsp3) is 0.300. The quantitative estimate of drug-likeness (QED) is 0.536. The van der Waals surface area contributed by atoms with Crippen molar-refractivity contribution in [2.24, 2.45) is 10.2 Å². The van der Waals surface area contributed by atoms with Gasteiger partial charge in [0.05, 0.1) is 11.3 Å². The standard InChI is InChI=1S/C20H23N3O4/c1-3-14(4-2)21-19(25)13-27-20(26)17-7-5-6-8-18(17)23-22-15-9-11-16(24)12-10-15/h5-12,14,24H,3-4,13H2,1-2H3,(H,21,25). The van der Waals surface area contributed by atoms with Gasteiger partial charge in [0, 0.05) is 6.04 Å². The number of carbonyl (C=O) groups excluding carboxylic acids is 2. The molecule has 7 heteroatoms. The van der Waals surface area contributed by atoms with Gasteiger partial charge in [-0.05, 0) is 49.2 Å². The van der Waals surface area contributed by atoms with E-state index in [2.05, 4.69) is 15.5 Å². The maximum absolute atomic E-state index is 12.3. The molecule has 0 radical (unpaired) electrons. The molecule has 0 fully saturated rings. The Balaban J connectivity index is 2.02. The van der Waals surface area contributed by atoms with Crippen molar-refractivity contribution in [3.63, 3.8) is 0 Å². The first-order valence-corrected chi connectivity index (χ1v) is 8.79. The number of benzene rings is 2. The number of amides is 1. The molecule has 0 aliphatic heterocycles. The van der Waals surface area contributed by atoms with E-state index < -0.39 is 5.97 Å². The number of nitrogens with zero attached hydrogens (tertiary/aromatic N) is 2. The van der Waals surface area contributed by atoms with Crippen LogP contribution in [0.3, 0.4) is 0 Å². The van der Waals surface area contributed by atoms with Gasteiger partial charge in [-0.25, -0.2) is 4.79 Å². The zero-order chi connectivity index (χ0) is 19.6. The molecule has 0 bridgehead atoms. The molecule has 27 heavy (non-hydrogen) atoms. The molecule has 2 aromatic carbocycles. The minimum absolute atomic E-state index is 0.0718. The molecule has 2 rings (SSSR count). The first kappa shape index (κ1) is 20.1. The Morgan fingerprint density at radius 2 is 1.70 bits per heavy atom. The van der Waals surface area contributed by atoms with Crippen LogP contribution in [0.5, 0.6) is 5.75 Å². The molecule has 0 unspecified atom stereocenters. The van der Waals surface area contributed by atoms with Crippen molar-refractivity contribution < 1.29 is 19.4 Å². The zero-order valence-electron chi connectivity index (χ0n) is 15.4. The van der Waals surface area contributed by atoms with Gasteiger partial charge in [-0.3, -0.25) is 4.79 Å². The number of nitrogens with one attached hydrogen (secondary N) is 1. The van der Waals surface area contributed by atoms with Gasteiger partial charge in [-0.2, -0.15) is 5.11 Å². The highest BCUT2D eigenvalue weighted by Crippen LogP contribution is 2.24. The third-order valence-corrected chi connectivity index (χ3v) is 3.93. The van der Waals surface area contributed by atoms with Crippen molar-refractivity contribution in [1.29, 1.82) is 0 Å². The molecule has 0 saturated heterocycles. The summed E-state index contributed by atoms with van der Waals surface area (Å²) < 4.78 is 5.10. The van der Waals surface area contributed by atoms with Crippen molar-refractivity contribution in [1.82, 2.24) is 5.32 Å². The fourth-order valence-electron chi connectivity index (χ4n) is 2.34. The minimum Gasteiger partial charge on any atom is -0.508 e. The van der Waals surface area contributed by atoms with Crippen molar-refractivity contribution in [2.45, 2.75) is 32.7 Å². The molecule has 2 N–H and O–H groups in total. The van der Waals surface area contributed by atoms with Crippen LogP contribution in [-0.4, -0.2) is 29.6 Å². The van der Waals surface area contributed by atoms with Gasteiger partial charge in [0.25, 0.3) is 5.91 Å². The van der Waals surface area contributed by atoms with Gasteiger partial charge in [0.1, 0.15) is 11.4 Å². The smallest absolute Gasteiger partial charge is 0.340 e. The maximum Gasteiger partial charge on any atom is 0.340 e. The van der Waals surface area contributed by atoms with Crippen LogP contribution in [0.4, 0.5) is 11.4 Å². The number of azo groups is 1. The molecule has 2 aromatic rings. The van der Waals surface area contributed by atoms with Crippen LogP contribution in [0, 0.1) is 0 Å². The number of phenols is 1. The van der Waals surface area contributed by atoms with Crippen LogP contribution in [0.2, 0.25) is 0 Å². The number of phenolic OH excluding ortho intramolecular Hbond substituents is 1. The minimum atomic E-state index is -0.644. The summed E-state index contributed by atoms with van der Waals surface area (Å²) in [6, 6.07) is 12.9. The third-order valence-electron chi connectivity index (χ3n) is 3.93. The second kappa shape index (κ2) is 10.1. The van der Waals surface area contributed by atoms with E-state index in [9.17, 15) is 14.7 Å². The normalized spacial score (nSPS) is 10.9. The molecule has 0 aliphatic rings. The summed E-state index contributed by atoms with van der Waals surface area (Å²) in [7, 11) is 0. The topological polar surface area (TPSA) is 100 Å². The lowest BCUT2D eigenvalue weighted by atomic mass is 10.2. The van der Waals surface area contributed by atoms with Gasteiger partial charge in [0.15, 0.2) is 6.61 Å². The lowest BCUT2D eigenvalue weighted by Crippen LogP contribution is -2.36. The van der Waals surface area contributed by atoms with E-state index in [1.54, 1.807) is 36.4 Å². The van der Waals surface area contributed by atoms with Crippen LogP contribution in [0.15, 0.2) is 58.8 Å². The van der Waals surface area contributed by atoms with Crippen molar-refractivity contribution in [2.75, 3.05) is 6.61 Å². The molecule has 1 amide bonds. The van der Waals surface area contributed by atoms with E-state index in [1.165, 1.54) is 12.1 Å². The monoisotopic (exact) mass is 369 g/mol. The summed E-state index contributed by atoms with van der Waals surface area (Å²) >= 11 is 0. The Hall–Kier alpha value is -3.22. The van der Waals surface area contributed by atoms with E-state index in [0.717, 1.165) is 12.8 Å². The summed E-state index contributed by atoms with van der Waals surface area (Å²) in [6.45, 7) is 3.62. The largest absolute Gasteiger partial charge is 0.508 e. The zero-order valence-corrected chi connectivity index (χ0v) is 15.4. The van der Waals surface area contributed by atoms with Gasteiger partial charge < -0.3 is 15.2 Å². The molecule has 142 valence electrons. The number of ether oxygens (including phenoxy) is 1. The van der Waals surface area contributed by atoms with Gasteiger partial charge in [-0.15, -0.1) is 5.11 Å². The van der Waals surface area contributed by atoms with E-state index in [1.807, 2.05) is 13.8 Å². The molecule has 0 spiro atoms. The van der Waals surface area contributed by atoms with E-state index in [-0.39, 0.29) is 29.9 Å². The molecule has 0 heterocycles. The first-order valence-electron chi connectivity index (χ1n) is 8.79. The van der Waals surface area contributed by atoms with Crippen LogP contribution in [-0.2, 0) is 9.53 Å². The van der Waals surface area contributed by atoms with Gasteiger partial charge in [0.2, 0.25) is 0 Å². The highest BCUT2D eigenvalue weighted by Gasteiger charge is 2.15. The summed E-state index contributed by atoms with van der Waals surface area (Å²) in [4.78, 5) is 24.2. The number of carbonyl (C=O) groups is 2. The predicted molar refractivity (Wildman–Crippen MR) is 102 cm³/mol.